The van der Waals surface area contributed by atoms with Gasteiger partial charge in [-0.15, -0.1) is 0 Å². The molecule has 0 spiro atoms. The maximum atomic E-state index is 7.92. The third kappa shape index (κ3) is 5.32. The average molecular weight is 114 g/mol. The Labute approximate surface area is 49.5 Å². The van der Waals surface area contributed by atoms with E-state index in [2.05, 4.69) is 5.92 Å². The number of aliphatic hydroxyl groups is 1. The first kappa shape index (κ1) is 7.32. The molecule has 2 heteroatoms. The van der Waals surface area contributed by atoms with E-state index in [1.165, 1.54) is 0 Å². The van der Waals surface area contributed by atoms with E-state index in [-0.39, 0.29) is 0 Å². The van der Waals surface area contributed by atoms with Crippen molar-refractivity contribution < 1.29 is 9.84 Å². The molecule has 0 fully saturated rings. The molecule has 0 aromatic carbocycles. The average Bonchev–Trinajstić information content (AvgIpc) is 1.81. The molecule has 0 aromatic rings. The normalized spacial score (nSPS) is 7.62. The van der Waals surface area contributed by atoms with E-state index in [1.54, 1.807) is 6.11 Å². The zero-order chi connectivity index (χ0) is 6.24. The van der Waals surface area contributed by atoms with Crippen LogP contribution in [0.3, 0.4) is 0 Å². The monoisotopic (exact) mass is 114 g/mol. The van der Waals surface area contributed by atoms with E-state index < -0.39 is 0 Å². The lowest BCUT2D eigenvalue weighted by Gasteiger charge is -1.91. The fourth-order valence-electron chi connectivity index (χ4n) is 0.300. The second-order valence-corrected chi connectivity index (χ2v) is 1.34. The van der Waals surface area contributed by atoms with Crippen molar-refractivity contribution in [3.05, 3.63) is 0 Å². The Morgan fingerprint density at radius 2 is 2.38 bits per heavy atom. The molecule has 8 heavy (non-hydrogen) atoms. The van der Waals surface area contributed by atoms with Crippen molar-refractivity contribution in [2.45, 2.75) is 13.3 Å². The molecule has 0 amide bonds. The molecule has 0 unspecified atom stereocenters. The van der Waals surface area contributed by atoms with Crippen LogP contribution in [-0.4, -0.2) is 18.3 Å². The van der Waals surface area contributed by atoms with Crippen molar-refractivity contribution in [1.29, 1.82) is 0 Å². The van der Waals surface area contributed by atoms with Gasteiger partial charge in [0, 0.05) is 6.61 Å². The Morgan fingerprint density at radius 3 is 2.88 bits per heavy atom. The molecule has 2 nitrogen and oxygen atoms in total. The second-order valence-electron chi connectivity index (χ2n) is 1.34. The van der Waals surface area contributed by atoms with Gasteiger partial charge in [-0.2, -0.15) is 0 Å². The van der Waals surface area contributed by atoms with Crippen LogP contribution in [0.15, 0.2) is 0 Å². The van der Waals surface area contributed by atoms with Gasteiger partial charge in [-0.25, -0.2) is 0 Å². The zero-order valence-corrected chi connectivity index (χ0v) is 4.98. The zero-order valence-electron chi connectivity index (χ0n) is 4.98. The lowest BCUT2D eigenvalue weighted by atomic mass is 10.5. The minimum absolute atomic E-state index is 0.338. The van der Waals surface area contributed by atoms with Crippen molar-refractivity contribution in [3.63, 3.8) is 0 Å². The maximum absolute atomic E-state index is 7.92. The Bertz CT molecular complexity index is 88.4. The molecule has 0 rings (SSSR count). The summed E-state index contributed by atoms with van der Waals surface area (Å²) in [5.74, 6) is 2.37. The summed E-state index contributed by atoms with van der Waals surface area (Å²) >= 11 is 0. The smallest absolute Gasteiger partial charge is 0.111 e. The third-order valence-electron chi connectivity index (χ3n) is 0.602. The topological polar surface area (TPSA) is 29.5 Å². The first-order chi connectivity index (χ1) is 3.91. The third-order valence-corrected chi connectivity index (χ3v) is 0.602. The molecule has 0 saturated carbocycles. The predicted octanol–water partition coefficient (Wildman–Crippen LogP) is 0.746. The predicted molar refractivity (Wildman–Crippen MR) is 30.8 cm³/mol. The maximum Gasteiger partial charge on any atom is 0.111 e. The molecule has 0 aliphatic heterocycles. The Hall–Kier alpha value is -0.680. The molecule has 0 aromatic heterocycles. The summed E-state index contributed by atoms with van der Waals surface area (Å²) in [6, 6.07) is 0. The SMILES string of the molecule is CCCOCC#CO. The van der Waals surface area contributed by atoms with E-state index in [9.17, 15) is 0 Å². The van der Waals surface area contributed by atoms with Crippen LogP contribution >= 0.6 is 0 Å². The largest absolute Gasteiger partial charge is 0.462 e. The highest BCUT2D eigenvalue weighted by Crippen LogP contribution is 1.76. The van der Waals surface area contributed by atoms with Crippen LogP contribution in [0.25, 0.3) is 0 Å². The number of ether oxygens (including phenoxy) is 1. The number of rotatable bonds is 3. The van der Waals surface area contributed by atoms with Gasteiger partial charge < -0.3 is 9.84 Å². The van der Waals surface area contributed by atoms with Gasteiger partial charge in [-0.3, -0.25) is 0 Å². The van der Waals surface area contributed by atoms with Crippen LogP contribution in [0.5, 0.6) is 0 Å². The van der Waals surface area contributed by atoms with Crippen LogP contribution in [-0.2, 0) is 4.74 Å². The quantitative estimate of drug-likeness (QED) is 0.433. The highest BCUT2D eigenvalue weighted by molar-refractivity contribution is 4.89. The molecule has 0 aliphatic carbocycles. The summed E-state index contributed by atoms with van der Waals surface area (Å²) < 4.78 is 4.89. The molecule has 0 heterocycles. The van der Waals surface area contributed by atoms with Gasteiger partial charge in [0.15, 0.2) is 0 Å². The van der Waals surface area contributed by atoms with Gasteiger partial charge in [0.05, 0.1) is 0 Å². The van der Waals surface area contributed by atoms with Crippen molar-refractivity contribution >= 4 is 0 Å². The van der Waals surface area contributed by atoms with Crippen LogP contribution in [0.4, 0.5) is 0 Å². The van der Waals surface area contributed by atoms with Gasteiger partial charge in [0.25, 0.3) is 0 Å². The molecule has 0 bridgehead atoms. The number of hydrogen-bond acceptors (Lipinski definition) is 2. The minimum Gasteiger partial charge on any atom is -0.462 e. The molecule has 1 N–H and O–H groups in total. The number of hydrogen-bond donors (Lipinski definition) is 1. The van der Waals surface area contributed by atoms with Crippen molar-refractivity contribution in [2.24, 2.45) is 0 Å². The highest BCUT2D eigenvalue weighted by Gasteiger charge is 1.76. The molecule has 0 aliphatic rings. The van der Waals surface area contributed by atoms with Crippen LogP contribution < -0.4 is 0 Å². The molecule has 46 valence electrons. The van der Waals surface area contributed by atoms with Gasteiger partial charge in [0.2, 0.25) is 0 Å². The lowest BCUT2D eigenvalue weighted by molar-refractivity contribution is 0.167. The van der Waals surface area contributed by atoms with E-state index >= 15 is 0 Å². The molecule has 0 atom stereocenters. The highest BCUT2D eigenvalue weighted by atomic mass is 16.5. The van der Waals surface area contributed by atoms with Gasteiger partial charge in [-0.05, 0) is 12.3 Å². The van der Waals surface area contributed by atoms with Gasteiger partial charge >= 0.3 is 0 Å². The summed E-state index contributed by atoms with van der Waals surface area (Å²) in [6.45, 7) is 3.07. The standard InChI is InChI=1S/C6H10O2/c1-2-5-8-6-3-4-7/h7H,2,5-6H2,1H3. The van der Waals surface area contributed by atoms with Crippen molar-refractivity contribution in [3.8, 4) is 12.0 Å². The van der Waals surface area contributed by atoms with E-state index in [0.29, 0.717) is 13.2 Å². The number of aliphatic hydroxyl groups excluding tert-OH is 1. The Kier molecular flexibility index (Phi) is 5.78. The van der Waals surface area contributed by atoms with Crippen LogP contribution in [0.2, 0.25) is 0 Å². The summed E-state index contributed by atoms with van der Waals surface area (Å²) in [7, 11) is 0. The Morgan fingerprint density at radius 1 is 1.62 bits per heavy atom. The van der Waals surface area contributed by atoms with Crippen LogP contribution in [0, 0.1) is 12.0 Å². The van der Waals surface area contributed by atoms with Crippen molar-refractivity contribution in [2.75, 3.05) is 13.2 Å². The first-order valence-electron chi connectivity index (χ1n) is 2.61. The second kappa shape index (κ2) is 6.32. The van der Waals surface area contributed by atoms with Crippen molar-refractivity contribution in [1.82, 2.24) is 0 Å². The minimum atomic E-state index is 0.338. The first-order valence-corrected chi connectivity index (χ1v) is 2.61. The summed E-state index contributed by atoms with van der Waals surface area (Å²) in [5, 5.41) is 7.92. The van der Waals surface area contributed by atoms with Crippen LogP contribution in [0.1, 0.15) is 13.3 Å². The fourth-order valence-corrected chi connectivity index (χ4v) is 0.300. The summed E-state index contributed by atoms with van der Waals surface area (Å²) in [6.07, 6.45) is 2.74. The lowest BCUT2D eigenvalue weighted by Crippen LogP contribution is -1.91. The Balaban J connectivity index is 2.79. The molecular formula is C6H10O2. The summed E-state index contributed by atoms with van der Waals surface area (Å²) in [5.41, 5.74) is 0. The molecule has 0 saturated heterocycles. The fraction of sp³-hybridized carbons (Fsp3) is 0.667. The van der Waals surface area contributed by atoms with Gasteiger partial charge in [-0.1, -0.05) is 6.92 Å². The van der Waals surface area contributed by atoms with E-state index in [1.807, 2.05) is 6.92 Å². The molecular weight excluding hydrogens is 104 g/mol. The van der Waals surface area contributed by atoms with E-state index in [0.717, 1.165) is 6.42 Å². The summed E-state index contributed by atoms with van der Waals surface area (Å²) in [4.78, 5) is 0. The molecule has 0 radical (unpaired) electrons. The van der Waals surface area contributed by atoms with Gasteiger partial charge in [0.1, 0.15) is 12.7 Å². The van der Waals surface area contributed by atoms with E-state index in [4.69, 9.17) is 9.84 Å².